The summed E-state index contributed by atoms with van der Waals surface area (Å²) in [6.45, 7) is -0.0508. The minimum absolute atomic E-state index is 0.131. The fourth-order valence-corrected chi connectivity index (χ4v) is 5.28. The lowest BCUT2D eigenvalue weighted by atomic mass is 9.99. The average molecular weight is 418 g/mol. The Labute approximate surface area is 159 Å². The molecule has 1 aromatic carbocycles. The first-order chi connectivity index (χ1) is 12.6. The summed E-state index contributed by atoms with van der Waals surface area (Å²) in [6, 6.07) is 6.34. The Balaban J connectivity index is 1.81. The van der Waals surface area contributed by atoms with Gasteiger partial charge in [0.05, 0.1) is 12.1 Å². The molecule has 0 fully saturated rings. The zero-order chi connectivity index (χ0) is 19.8. The van der Waals surface area contributed by atoms with Crippen molar-refractivity contribution in [1.82, 2.24) is 4.31 Å². The molecule has 0 atom stereocenters. The summed E-state index contributed by atoms with van der Waals surface area (Å²) in [4.78, 5) is 14.0. The largest absolute Gasteiger partial charge is 0.416 e. The van der Waals surface area contributed by atoms with Gasteiger partial charge in [0.15, 0.2) is 0 Å². The predicted molar refractivity (Wildman–Crippen MR) is 96.3 cm³/mol. The molecule has 0 saturated heterocycles. The molecule has 2 aromatic rings. The van der Waals surface area contributed by atoms with Gasteiger partial charge in [-0.15, -0.1) is 11.3 Å². The molecule has 0 bridgehead atoms. The first kappa shape index (κ1) is 19.8. The van der Waals surface area contributed by atoms with Gasteiger partial charge < -0.3 is 4.90 Å². The maximum absolute atomic E-state index is 12.9. The summed E-state index contributed by atoms with van der Waals surface area (Å²) in [7, 11) is -2.47. The minimum atomic E-state index is -4.45. The standard InChI is InChI=1S/C17H17F3N2O3S2/c1-21(27(24,25)16-5-3-9-26-16)11-15(23)22-8-2-4-12-10-13(17(18,19)20)6-7-14(12)22/h3,5-7,9-10H,2,4,8,11H2,1H3. The number of likely N-dealkylation sites (N-methyl/N-ethyl adjacent to an activating group) is 1. The summed E-state index contributed by atoms with van der Waals surface area (Å²) >= 11 is 1.05. The van der Waals surface area contributed by atoms with Crippen LogP contribution in [0, 0.1) is 0 Å². The lowest BCUT2D eigenvalue weighted by Crippen LogP contribution is -2.43. The molecule has 1 aliphatic heterocycles. The van der Waals surface area contributed by atoms with Crippen LogP contribution in [0.4, 0.5) is 18.9 Å². The van der Waals surface area contributed by atoms with Crippen LogP contribution in [0.1, 0.15) is 17.5 Å². The number of alkyl halides is 3. The van der Waals surface area contributed by atoms with E-state index >= 15 is 0 Å². The van der Waals surface area contributed by atoms with Crippen LogP contribution in [0.5, 0.6) is 0 Å². The van der Waals surface area contributed by atoms with Gasteiger partial charge in [0, 0.05) is 19.3 Å². The summed E-state index contributed by atoms with van der Waals surface area (Å²) in [5.74, 6) is -0.474. The number of amides is 1. The van der Waals surface area contributed by atoms with Crippen molar-refractivity contribution in [3.05, 3.63) is 46.8 Å². The summed E-state index contributed by atoms with van der Waals surface area (Å²) < 4.78 is 64.7. The van der Waals surface area contributed by atoms with Crippen molar-refractivity contribution < 1.29 is 26.4 Å². The maximum Gasteiger partial charge on any atom is 0.416 e. The Morgan fingerprint density at radius 3 is 2.67 bits per heavy atom. The third-order valence-electron chi connectivity index (χ3n) is 4.34. The van der Waals surface area contributed by atoms with Gasteiger partial charge in [-0.25, -0.2) is 8.42 Å². The van der Waals surface area contributed by atoms with Gasteiger partial charge in [-0.05, 0) is 48.1 Å². The van der Waals surface area contributed by atoms with Crippen molar-refractivity contribution in [3.8, 4) is 0 Å². The van der Waals surface area contributed by atoms with Gasteiger partial charge in [-0.2, -0.15) is 17.5 Å². The van der Waals surface area contributed by atoms with E-state index in [0.29, 0.717) is 30.6 Å². The number of anilines is 1. The highest BCUT2D eigenvalue weighted by Crippen LogP contribution is 2.35. The minimum Gasteiger partial charge on any atom is -0.311 e. The lowest BCUT2D eigenvalue weighted by molar-refractivity contribution is -0.137. The van der Waals surface area contributed by atoms with Gasteiger partial charge in [0.1, 0.15) is 4.21 Å². The molecule has 10 heteroatoms. The molecular weight excluding hydrogens is 401 g/mol. The van der Waals surface area contributed by atoms with Crippen molar-refractivity contribution in [2.75, 3.05) is 25.0 Å². The Hall–Kier alpha value is -1.91. The number of thiophene rings is 1. The monoisotopic (exact) mass is 418 g/mol. The summed E-state index contributed by atoms with van der Waals surface area (Å²) in [5, 5.41) is 1.63. The molecule has 27 heavy (non-hydrogen) atoms. The number of carbonyl (C=O) groups excluding carboxylic acids is 1. The Kier molecular flexibility index (Phi) is 5.33. The van der Waals surface area contributed by atoms with Crippen LogP contribution >= 0.6 is 11.3 Å². The van der Waals surface area contributed by atoms with Gasteiger partial charge >= 0.3 is 6.18 Å². The zero-order valence-corrected chi connectivity index (χ0v) is 16.0. The van der Waals surface area contributed by atoms with E-state index in [2.05, 4.69) is 0 Å². The number of carbonyl (C=O) groups is 1. The number of benzene rings is 1. The predicted octanol–water partition coefficient (Wildman–Crippen LogP) is 3.37. The van der Waals surface area contributed by atoms with Crippen molar-refractivity contribution in [3.63, 3.8) is 0 Å². The van der Waals surface area contributed by atoms with Crippen LogP contribution in [0.3, 0.4) is 0 Å². The molecule has 0 saturated carbocycles. The van der Waals surface area contributed by atoms with E-state index in [0.717, 1.165) is 27.8 Å². The second-order valence-corrected chi connectivity index (χ2v) is 9.40. The number of rotatable bonds is 4. The molecular formula is C17H17F3N2O3S2. The van der Waals surface area contributed by atoms with Crippen LogP contribution in [0.2, 0.25) is 0 Å². The molecule has 5 nitrogen and oxygen atoms in total. The third-order valence-corrected chi connectivity index (χ3v) is 7.52. The third kappa shape index (κ3) is 4.02. The number of nitrogens with zero attached hydrogens (tertiary/aromatic N) is 2. The van der Waals surface area contributed by atoms with E-state index < -0.39 is 27.7 Å². The van der Waals surface area contributed by atoms with Gasteiger partial charge in [-0.3, -0.25) is 4.79 Å². The SMILES string of the molecule is CN(CC(=O)N1CCCc2cc(C(F)(F)F)ccc21)S(=O)(=O)c1cccs1. The number of sulfonamides is 1. The molecule has 0 spiro atoms. The Morgan fingerprint density at radius 2 is 2.04 bits per heavy atom. The van der Waals surface area contributed by atoms with E-state index in [1.807, 2.05) is 0 Å². The number of aryl methyl sites for hydroxylation is 1. The second-order valence-electron chi connectivity index (χ2n) is 6.18. The number of halogens is 3. The maximum atomic E-state index is 12.9. The van der Waals surface area contributed by atoms with E-state index in [1.54, 1.807) is 11.4 Å². The molecule has 0 aliphatic carbocycles. The van der Waals surface area contributed by atoms with Crippen molar-refractivity contribution in [2.24, 2.45) is 0 Å². The van der Waals surface area contributed by atoms with Gasteiger partial charge in [0.2, 0.25) is 5.91 Å². The normalized spacial score (nSPS) is 15.1. The highest BCUT2D eigenvalue weighted by molar-refractivity contribution is 7.91. The average Bonchev–Trinajstić information content (AvgIpc) is 3.15. The number of fused-ring (bicyclic) bond motifs is 1. The van der Waals surface area contributed by atoms with Crippen LogP contribution in [0.25, 0.3) is 0 Å². The first-order valence-corrected chi connectivity index (χ1v) is 10.4. The lowest BCUT2D eigenvalue weighted by Gasteiger charge is -2.31. The van der Waals surface area contributed by atoms with E-state index in [4.69, 9.17) is 0 Å². The fraction of sp³-hybridized carbons (Fsp3) is 0.353. The van der Waals surface area contributed by atoms with E-state index in [1.165, 1.54) is 24.1 Å². The molecule has 2 heterocycles. The molecule has 1 aromatic heterocycles. The summed E-state index contributed by atoms with van der Waals surface area (Å²) in [6.07, 6.45) is -3.50. The highest BCUT2D eigenvalue weighted by atomic mass is 32.2. The number of hydrogen-bond acceptors (Lipinski definition) is 4. The molecule has 0 N–H and O–H groups in total. The number of hydrogen-bond donors (Lipinski definition) is 0. The van der Waals surface area contributed by atoms with Crippen LogP contribution < -0.4 is 4.90 Å². The molecule has 1 amide bonds. The molecule has 0 radical (unpaired) electrons. The molecule has 3 rings (SSSR count). The van der Waals surface area contributed by atoms with E-state index in [9.17, 15) is 26.4 Å². The summed E-state index contributed by atoms with van der Waals surface area (Å²) in [5.41, 5.74) is 0.0855. The van der Waals surface area contributed by atoms with Crippen molar-refractivity contribution >= 4 is 33.0 Å². The van der Waals surface area contributed by atoms with Crippen molar-refractivity contribution in [1.29, 1.82) is 0 Å². The highest BCUT2D eigenvalue weighted by Gasteiger charge is 2.33. The Morgan fingerprint density at radius 1 is 1.30 bits per heavy atom. The smallest absolute Gasteiger partial charge is 0.311 e. The molecule has 0 unspecified atom stereocenters. The molecule has 146 valence electrons. The van der Waals surface area contributed by atoms with Crippen molar-refractivity contribution in [2.45, 2.75) is 23.2 Å². The van der Waals surface area contributed by atoms with E-state index in [-0.39, 0.29) is 10.8 Å². The zero-order valence-electron chi connectivity index (χ0n) is 14.4. The molecule has 1 aliphatic rings. The van der Waals surface area contributed by atoms with Crippen LogP contribution in [-0.4, -0.2) is 38.8 Å². The van der Waals surface area contributed by atoms with Gasteiger partial charge in [-0.1, -0.05) is 6.07 Å². The second kappa shape index (κ2) is 7.25. The Bertz CT molecular complexity index is 941. The van der Waals surface area contributed by atoms with Crippen LogP contribution in [0.15, 0.2) is 39.9 Å². The topological polar surface area (TPSA) is 57.7 Å². The quantitative estimate of drug-likeness (QED) is 0.765. The van der Waals surface area contributed by atoms with Crippen LogP contribution in [-0.2, 0) is 27.4 Å². The van der Waals surface area contributed by atoms with Gasteiger partial charge in [0.25, 0.3) is 10.0 Å². The fourth-order valence-electron chi connectivity index (χ4n) is 2.96. The first-order valence-electron chi connectivity index (χ1n) is 8.11.